The molecule has 0 spiro atoms. The highest BCUT2D eigenvalue weighted by molar-refractivity contribution is 5.78. The van der Waals surface area contributed by atoms with Crippen LogP contribution in [0.5, 0.6) is 0 Å². The van der Waals surface area contributed by atoms with E-state index in [-0.39, 0.29) is 0 Å². The molecule has 0 unspecified atom stereocenters. The van der Waals surface area contributed by atoms with Crippen LogP contribution >= 0.6 is 0 Å². The van der Waals surface area contributed by atoms with Crippen LogP contribution in [0.3, 0.4) is 0 Å². The first-order chi connectivity index (χ1) is 8.70. The highest BCUT2D eigenvalue weighted by atomic mass is 15.3. The SMILES string of the molecule is CN1CCN(Cc2nc3ccc(N)cc3[nH]2)CC1. The second kappa shape index (κ2) is 4.59. The number of likely N-dealkylation sites (N-methyl/N-ethyl adjacent to an activating group) is 1. The Balaban J connectivity index is 1.74. The van der Waals surface area contributed by atoms with Gasteiger partial charge in [-0.15, -0.1) is 0 Å². The summed E-state index contributed by atoms with van der Waals surface area (Å²) in [6, 6.07) is 5.80. The largest absolute Gasteiger partial charge is 0.399 e. The number of nitrogen functional groups attached to an aromatic ring is 1. The fraction of sp³-hybridized carbons (Fsp3) is 0.462. The molecule has 2 aromatic rings. The summed E-state index contributed by atoms with van der Waals surface area (Å²) >= 11 is 0. The lowest BCUT2D eigenvalue weighted by Crippen LogP contribution is -2.44. The molecular weight excluding hydrogens is 226 g/mol. The van der Waals surface area contributed by atoms with Gasteiger partial charge in [-0.2, -0.15) is 0 Å². The number of H-pyrrole nitrogens is 1. The number of fused-ring (bicyclic) bond motifs is 1. The molecule has 0 atom stereocenters. The van der Waals surface area contributed by atoms with E-state index in [2.05, 4.69) is 26.8 Å². The summed E-state index contributed by atoms with van der Waals surface area (Å²) in [7, 11) is 2.17. The quantitative estimate of drug-likeness (QED) is 0.772. The molecule has 2 heterocycles. The number of imidazole rings is 1. The maximum Gasteiger partial charge on any atom is 0.121 e. The van der Waals surface area contributed by atoms with E-state index in [4.69, 9.17) is 5.73 Å². The van der Waals surface area contributed by atoms with Crippen molar-refractivity contribution in [1.82, 2.24) is 19.8 Å². The molecule has 0 aliphatic carbocycles. The Labute approximate surface area is 107 Å². The third kappa shape index (κ3) is 2.32. The molecule has 1 fully saturated rings. The first-order valence-electron chi connectivity index (χ1n) is 6.36. The number of piperazine rings is 1. The highest BCUT2D eigenvalue weighted by Crippen LogP contribution is 2.16. The predicted molar refractivity (Wildman–Crippen MR) is 73.3 cm³/mol. The third-order valence-electron chi connectivity index (χ3n) is 3.52. The highest BCUT2D eigenvalue weighted by Gasteiger charge is 2.15. The van der Waals surface area contributed by atoms with Gasteiger partial charge in [0.25, 0.3) is 0 Å². The molecule has 1 aromatic carbocycles. The first kappa shape index (κ1) is 11.5. The van der Waals surface area contributed by atoms with Crippen molar-refractivity contribution in [1.29, 1.82) is 0 Å². The standard InChI is InChI=1S/C13H19N5/c1-17-4-6-18(7-5-17)9-13-15-11-3-2-10(14)8-12(11)16-13/h2-3,8H,4-7,9,14H2,1H3,(H,15,16). The van der Waals surface area contributed by atoms with Gasteiger partial charge >= 0.3 is 0 Å². The maximum atomic E-state index is 5.77. The van der Waals surface area contributed by atoms with Crippen molar-refractivity contribution >= 4 is 16.7 Å². The van der Waals surface area contributed by atoms with Gasteiger partial charge in [-0.3, -0.25) is 4.90 Å². The zero-order chi connectivity index (χ0) is 12.5. The molecule has 5 heteroatoms. The number of aromatic amines is 1. The van der Waals surface area contributed by atoms with Gasteiger partial charge in [-0.1, -0.05) is 0 Å². The normalized spacial score (nSPS) is 18.5. The summed E-state index contributed by atoms with van der Waals surface area (Å²) in [5, 5.41) is 0. The molecule has 5 nitrogen and oxygen atoms in total. The second-order valence-corrected chi connectivity index (χ2v) is 5.04. The molecule has 1 aliphatic rings. The Morgan fingerprint density at radius 1 is 1.28 bits per heavy atom. The van der Waals surface area contributed by atoms with Crippen molar-refractivity contribution in [2.24, 2.45) is 0 Å². The van der Waals surface area contributed by atoms with Crippen molar-refractivity contribution in [3.05, 3.63) is 24.0 Å². The summed E-state index contributed by atoms with van der Waals surface area (Å²) in [6.45, 7) is 5.37. The average Bonchev–Trinajstić information content (AvgIpc) is 2.73. The van der Waals surface area contributed by atoms with Crippen molar-refractivity contribution in [3.8, 4) is 0 Å². The van der Waals surface area contributed by atoms with Crippen molar-refractivity contribution < 1.29 is 0 Å². The molecule has 1 saturated heterocycles. The lowest BCUT2D eigenvalue weighted by Gasteiger charge is -2.31. The molecule has 1 aliphatic heterocycles. The first-order valence-corrected chi connectivity index (χ1v) is 6.36. The molecule has 0 radical (unpaired) electrons. The van der Waals surface area contributed by atoms with Gasteiger partial charge in [0.1, 0.15) is 5.82 Å². The van der Waals surface area contributed by atoms with Gasteiger partial charge in [-0.25, -0.2) is 4.98 Å². The summed E-state index contributed by atoms with van der Waals surface area (Å²) < 4.78 is 0. The Kier molecular flexibility index (Phi) is 2.93. The summed E-state index contributed by atoms with van der Waals surface area (Å²) in [5.74, 6) is 1.03. The second-order valence-electron chi connectivity index (χ2n) is 5.04. The number of hydrogen-bond donors (Lipinski definition) is 2. The Hall–Kier alpha value is -1.59. The number of nitrogens with zero attached hydrogens (tertiary/aromatic N) is 3. The van der Waals surface area contributed by atoms with Gasteiger partial charge < -0.3 is 15.6 Å². The molecule has 0 bridgehead atoms. The molecule has 0 saturated carbocycles. The molecule has 3 rings (SSSR count). The van der Waals surface area contributed by atoms with Crippen molar-refractivity contribution in [2.45, 2.75) is 6.54 Å². The molecule has 1 aromatic heterocycles. The van der Waals surface area contributed by atoms with E-state index in [0.29, 0.717) is 0 Å². The number of rotatable bonds is 2. The van der Waals surface area contributed by atoms with Gasteiger partial charge in [0, 0.05) is 31.9 Å². The monoisotopic (exact) mass is 245 g/mol. The Morgan fingerprint density at radius 3 is 2.83 bits per heavy atom. The van der Waals surface area contributed by atoms with Gasteiger partial charge in [0.2, 0.25) is 0 Å². The Morgan fingerprint density at radius 2 is 2.06 bits per heavy atom. The van der Waals surface area contributed by atoms with Crippen LogP contribution in [0.4, 0.5) is 5.69 Å². The maximum absolute atomic E-state index is 5.77. The zero-order valence-corrected chi connectivity index (χ0v) is 10.7. The van der Waals surface area contributed by atoms with E-state index in [0.717, 1.165) is 55.3 Å². The smallest absolute Gasteiger partial charge is 0.121 e. The average molecular weight is 245 g/mol. The summed E-state index contributed by atoms with van der Waals surface area (Å²) in [5.41, 5.74) is 8.57. The van der Waals surface area contributed by atoms with E-state index in [1.165, 1.54) is 0 Å². The number of hydrogen-bond acceptors (Lipinski definition) is 4. The Bertz CT molecular complexity index is 539. The van der Waals surface area contributed by atoms with E-state index in [1.54, 1.807) is 0 Å². The van der Waals surface area contributed by atoms with Crippen LogP contribution in [0, 0.1) is 0 Å². The van der Waals surface area contributed by atoms with E-state index in [9.17, 15) is 0 Å². The van der Waals surface area contributed by atoms with Gasteiger partial charge in [0.15, 0.2) is 0 Å². The van der Waals surface area contributed by atoms with Gasteiger partial charge in [-0.05, 0) is 25.2 Å². The number of nitrogens with two attached hydrogens (primary N) is 1. The lowest BCUT2D eigenvalue weighted by atomic mass is 10.3. The number of aromatic nitrogens is 2. The number of benzene rings is 1. The van der Waals surface area contributed by atoms with E-state index < -0.39 is 0 Å². The van der Waals surface area contributed by atoms with Crippen molar-refractivity contribution in [2.75, 3.05) is 39.0 Å². The van der Waals surface area contributed by atoms with Crippen LogP contribution in [0.2, 0.25) is 0 Å². The van der Waals surface area contributed by atoms with E-state index >= 15 is 0 Å². The zero-order valence-electron chi connectivity index (χ0n) is 10.7. The fourth-order valence-electron chi connectivity index (χ4n) is 2.37. The number of anilines is 1. The minimum absolute atomic E-state index is 0.775. The third-order valence-corrected chi connectivity index (χ3v) is 3.52. The number of nitrogens with one attached hydrogen (secondary N) is 1. The molecule has 96 valence electrons. The van der Waals surface area contributed by atoms with Crippen molar-refractivity contribution in [3.63, 3.8) is 0 Å². The molecular formula is C13H19N5. The van der Waals surface area contributed by atoms with Crippen LogP contribution in [0.25, 0.3) is 11.0 Å². The van der Waals surface area contributed by atoms with Crippen LogP contribution in [-0.2, 0) is 6.54 Å². The molecule has 18 heavy (non-hydrogen) atoms. The minimum atomic E-state index is 0.775. The fourth-order valence-corrected chi connectivity index (χ4v) is 2.37. The van der Waals surface area contributed by atoms with Crippen LogP contribution in [0.1, 0.15) is 5.82 Å². The topological polar surface area (TPSA) is 61.2 Å². The molecule has 0 amide bonds. The lowest BCUT2D eigenvalue weighted by molar-refractivity contribution is 0.146. The predicted octanol–water partition coefficient (Wildman–Crippen LogP) is 0.893. The summed E-state index contributed by atoms with van der Waals surface area (Å²) in [4.78, 5) is 12.7. The summed E-state index contributed by atoms with van der Waals surface area (Å²) in [6.07, 6.45) is 0. The van der Waals surface area contributed by atoms with Gasteiger partial charge in [0.05, 0.1) is 17.6 Å². The van der Waals surface area contributed by atoms with E-state index in [1.807, 2.05) is 18.2 Å². The van der Waals surface area contributed by atoms with Crippen LogP contribution in [0.15, 0.2) is 18.2 Å². The molecule has 3 N–H and O–H groups in total. The van der Waals surface area contributed by atoms with Crippen LogP contribution in [-0.4, -0.2) is 53.0 Å². The van der Waals surface area contributed by atoms with Crippen LogP contribution < -0.4 is 5.73 Å². The minimum Gasteiger partial charge on any atom is -0.399 e.